The third-order valence-corrected chi connectivity index (χ3v) is 1.81. The molecule has 0 unspecified atom stereocenters. The van der Waals surface area contributed by atoms with Crippen molar-refractivity contribution in [1.82, 2.24) is 5.32 Å². The summed E-state index contributed by atoms with van der Waals surface area (Å²) in [6, 6.07) is -0.304. The van der Waals surface area contributed by atoms with E-state index < -0.39 is 12.1 Å². The van der Waals surface area contributed by atoms with Gasteiger partial charge in [0.25, 0.3) is 0 Å². The van der Waals surface area contributed by atoms with E-state index in [0.29, 0.717) is 6.42 Å². The van der Waals surface area contributed by atoms with Crippen LogP contribution in [-0.4, -0.2) is 24.0 Å². The molecular formula is C11H17NO3. The van der Waals surface area contributed by atoms with Crippen LogP contribution in [0.1, 0.15) is 33.6 Å². The van der Waals surface area contributed by atoms with Crippen LogP contribution in [0.5, 0.6) is 0 Å². The Morgan fingerprint density at radius 2 is 2.07 bits per heavy atom. The van der Waals surface area contributed by atoms with E-state index in [1.165, 1.54) is 13.8 Å². The number of hydrogen-bond donors (Lipinski definition) is 1. The van der Waals surface area contributed by atoms with Crippen LogP contribution in [0.4, 0.5) is 0 Å². The molecule has 84 valence electrons. The SMILES string of the molecule is C#C[C@H](OC(C)=O)[C@@H](CCC)NC(C)=O. The lowest BCUT2D eigenvalue weighted by molar-refractivity contribution is -0.145. The standard InChI is InChI=1S/C11H17NO3/c1-5-7-10(12-8(3)13)11(6-2)15-9(4)14/h2,10-11H,5,7H2,1,3-4H3,(H,12,13)/t10-,11+/m1/s1. The van der Waals surface area contributed by atoms with E-state index in [4.69, 9.17) is 11.2 Å². The van der Waals surface area contributed by atoms with Gasteiger partial charge in [-0.3, -0.25) is 9.59 Å². The molecule has 0 saturated heterocycles. The van der Waals surface area contributed by atoms with Crippen molar-refractivity contribution in [1.29, 1.82) is 0 Å². The second-order valence-corrected chi connectivity index (χ2v) is 3.29. The Morgan fingerprint density at radius 3 is 2.40 bits per heavy atom. The van der Waals surface area contributed by atoms with Gasteiger partial charge in [-0.1, -0.05) is 19.3 Å². The monoisotopic (exact) mass is 211 g/mol. The zero-order chi connectivity index (χ0) is 11.8. The summed E-state index contributed by atoms with van der Waals surface area (Å²) in [4.78, 5) is 21.7. The number of nitrogens with one attached hydrogen (secondary N) is 1. The van der Waals surface area contributed by atoms with Gasteiger partial charge in [-0.2, -0.15) is 0 Å². The van der Waals surface area contributed by atoms with Crippen LogP contribution in [0.3, 0.4) is 0 Å². The minimum absolute atomic E-state index is 0.180. The summed E-state index contributed by atoms with van der Waals surface area (Å²) in [7, 11) is 0. The Kier molecular flexibility index (Phi) is 6.19. The first kappa shape index (κ1) is 13.5. The second kappa shape index (κ2) is 6.88. The second-order valence-electron chi connectivity index (χ2n) is 3.29. The van der Waals surface area contributed by atoms with Gasteiger partial charge in [-0.15, -0.1) is 6.42 Å². The molecule has 15 heavy (non-hydrogen) atoms. The highest BCUT2D eigenvalue weighted by Crippen LogP contribution is 2.06. The molecule has 0 spiro atoms. The zero-order valence-electron chi connectivity index (χ0n) is 9.37. The summed E-state index contributed by atoms with van der Waals surface area (Å²) >= 11 is 0. The highest BCUT2D eigenvalue weighted by Gasteiger charge is 2.22. The molecule has 0 radical (unpaired) electrons. The molecule has 0 aliphatic heterocycles. The van der Waals surface area contributed by atoms with Crippen molar-refractivity contribution < 1.29 is 14.3 Å². The Morgan fingerprint density at radius 1 is 1.47 bits per heavy atom. The summed E-state index contributed by atoms with van der Waals surface area (Å²) in [6.45, 7) is 4.67. The van der Waals surface area contributed by atoms with Gasteiger partial charge in [0.15, 0.2) is 6.10 Å². The maximum absolute atomic E-state index is 10.9. The number of esters is 1. The van der Waals surface area contributed by atoms with Crippen LogP contribution in [0.25, 0.3) is 0 Å². The molecule has 2 atom stereocenters. The smallest absolute Gasteiger partial charge is 0.303 e. The van der Waals surface area contributed by atoms with Crippen molar-refractivity contribution in [3.63, 3.8) is 0 Å². The molecule has 0 aromatic rings. The first-order valence-electron chi connectivity index (χ1n) is 4.91. The van der Waals surface area contributed by atoms with Gasteiger partial charge in [0.2, 0.25) is 5.91 Å². The predicted molar refractivity (Wildman–Crippen MR) is 56.9 cm³/mol. The maximum Gasteiger partial charge on any atom is 0.303 e. The summed E-state index contributed by atoms with van der Waals surface area (Å²) in [5.74, 6) is 1.75. The molecule has 1 amide bonds. The van der Waals surface area contributed by atoms with Gasteiger partial charge in [0.05, 0.1) is 6.04 Å². The Hall–Kier alpha value is -1.50. The lowest BCUT2D eigenvalue weighted by Gasteiger charge is -2.22. The van der Waals surface area contributed by atoms with Crippen LogP contribution in [-0.2, 0) is 14.3 Å². The summed E-state index contributed by atoms with van der Waals surface area (Å²) in [6.07, 6.45) is 6.09. The maximum atomic E-state index is 10.9. The number of hydrogen-bond acceptors (Lipinski definition) is 3. The van der Waals surface area contributed by atoms with E-state index in [1.54, 1.807) is 0 Å². The van der Waals surface area contributed by atoms with Gasteiger partial charge in [-0.05, 0) is 6.42 Å². The number of ether oxygens (including phenoxy) is 1. The molecule has 4 heteroatoms. The van der Waals surface area contributed by atoms with Crippen LogP contribution in [0.15, 0.2) is 0 Å². The molecule has 0 aliphatic carbocycles. The lowest BCUT2D eigenvalue weighted by Crippen LogP contribution is -2.43. The van der Waals surface area contributed by atoms with E-state index in [1.807, 2.05) is 6.92 Å². The third-order valence-electron chi connectivity index (χ3n) is 1.81. The molecule has 0 aromatic heterocycles. The minimum Gasteiger partial charge on any atom is -0.447 e. The number of carbonyl (C=O) groups is 2. The number of terminal acetylenes is 1. The van der Waals surface area contributed by atoms with Crippen molar-refractivity contribution in [3.8, 4) is 12.3 Å². The average Bonchev–Trinajstić information content (AvgIpc) is 2.12. The Balaban J connectivity index is 4.47. The fourth-order valence-electron chi connectivity index (χ4n) is 1.28. The van der Waals surface area contributed by atoms with Crippen molar-refractivity contribution in [2.75, 3.05) is 0 Å². The van der Waals surface area contributed by atoms with Crippen LogP contribution < -0.4 is 5.32 Å². The molecule has 0 heterocycles. The molecule has 1 N–H and O–H groups in total. The normalized spacial score (nSPS) is 13.5. The van der Waals surface area contributed by atoms with Gasteiger partial charge in [0.1, 0.15) is 0 Å². The number of rotatable bonds is 5. The molecule has 0 aromatic carbocycles. The molecular weight excluding hydrogens is 194 g/mol. The van der Waals surface area contributed by atoms with E-state index in [0.717, 1.165) is 6.42 Å². The van der Waals surface area contributed by atoms with E-state index in [-0.39, 0.29) is 11.9 Å². The van der Waals surface area contributed by atoms with Crippen LogP contribution >= 0.6 is 0 Å². The minimum atomic E-state index is -0.689. The Labute approximate surface area is 90.4 Å². The number of amides is 1. The largest absolute Gasteiger partial charge is 0.447 e. The summed E-state index contributed by atoms with van der Waals surface area (Å²) in [5.41, 5.74) is 0. The average molecular weight is 211 g/mol. The van der Waals surface area contributed by atoms with E-state index >= 15 is 0 Å². The molecule has 0 saturated carbocycles. The van der Waals surface area contributed by atoms with Gasteiger partial charge in [-0.25, -0.2) is 0 Å². The number of carbonyl (C=O) groups excluding carboxylic acids is 2. The predicted octanol–water partition coefficient (Wildman–Crippen LogP) is 0.856. The zero-order valence-corrected chi connectivity index (χ0v) is 9.37. The van der Waals surface area contributed by atoms with Gasteiger partial charge in [0, 0.05) is 13.8 Å². The van der Waals surface area contributed by atoms with Crippen LogP contribution in [0.2, 0.25) is 0 Å². The fraction of sp³-hybridized carbons (Fsp3) is 0.636. The lowest BCUT2D eigenvalue weighted by atomic mass is 10.1. The van der Waals surface area contributed by atoms with E-state index in [9.17, 15) is 9.59 Å². The van der Waals surface area contributed by atoms with Crippen molar-refractivity contribution >= 4 is 11.9 Å². The van der Waals surface area contributed by atoms with Crippen LogP contribution in [0, 0.1) is 12.3 Å². The third kappa shape index (κ3) is 5.74. The molecule has 4 nitrogen and oxygen atoms in total. The first-order chi connectivity index (χ1) is 7.01. The summed E-state index contributed by atoms with van der Waals surface area (Å²) < 4.78 is 4.93. The topological polar surface area (TPSA) is 55.4 Å². The van der Waals surface area contributed by atoms with Crippen molar-refractivity contribution in [3.05, 3.63) is 0 Å². The summed E-state index contributed by atoms with van der Waals surface area (Å²) in [5, 5.41) is 2.68. The Bertz CT molecular complexity index is 267. The fourth-order valence-corrected chi connectivity index (χ4v) is 1.28. The van der Waals surface area contributed by atoms with Gasteiger partial charge >= 0.3 is 5.97 Å². The van der Waals surface area contributed by atoms with Crippen molar-refractivity contribution in [2.45, 2.75) is 45.8 Å². The quantitative estimate of drug-likeness (QED) is 0.542. The first-order valence-corrected chi connectivity index (χ1v) is 4.91. The van der Waals surface area contributed by atoms with Crippen molar-refractivity contribution in [2.24, 2.45) is 0 Å². The molecule has 0 bridgehead atoms. The van der Waals surface area contributed by atoms with Gasteiger partial charge < -0.3 is 10.1 Å². The highest BCUT2D eigenvalue weighted by molar-refractivity contribution is 5.73. The van der Waals surface area contributed by atoms with E-state index in [2.05, 4.69) is 11.2 Å². The highest BCUT2D eigenvalue weighted by atomic mass is 16.5. The molecule has 0 rings (SSSR count). The molecule has 0 aliphatic rings. The molecule has 0 fully saturated rings.